The number of rotatable bonds is 5. The van der Waals surface area contributed by atoms with Crippen molar-refractivity contribution in [3.8, 4) is 0 Å². The van der Waals surface area contributed by atoms with Crippen molar-refractivity contribution in [2.24, 2.45) is 17.6 Å². The highest BCUT2D eigenvalue weighted by atomic mass is 32.2. The van der Waals surface area contributed by atoms with Gasteiger partial charge in [-0.15, -0.1) is 11.8 Å². The maximum absolute atomic E-state index is 12.4. The fourth-order valence-electron chi connectivity index (χ4n) is 4.73. The first-order valence-electron chi connectivity index (χ1n) is 9.65. The third kappa shape index (κ3) is 3.91. The molecule has 6 heteroatoms. The molecule has 2 unspecified atom stereocenters. The van der Waals surface area contributed by atoms with Crippen LogP contribution in [0.5, 0.6) is 0 Å². The minimum atomic E-state index is 0.159. The number of thioether (sulfide) groups is 1. The number of fused-ring (bicyclic) bond motifs is 3. The third-order valence-electron chi connectivity index (χ3n) is 5.84. The largest absolute Gasteiger partial charge is 0.352 e. The maximum Gasteiger partial charge on any atom is 0.230 e. The SMILES string of the molecule is Cc1ccc2nc(CSCC(=O)NC3C4CCCC3CC(N)C4)cn2c1. The lowest BCUT2D eigenvalue weighted by molar-refractivity contribution is -0.120. The Morgan fingerprint density at radius 2 is 2.08 bits per heavy atom. The van der Waals surface area contributed by atoms with Gasteiger partial charge in [0, 0.05) is 30.2 Å². The van der Waals surface area contributed by atoms with Gasteiger partial charge in [0.25, 0.3) is 0 Å². The Kier molecular flexibility index (Phi) is 5.23. The first-order valence-corrected chi connectivity index (χ1v) is 10.8. The van der Waals surface area contributed by atoms with Crippen LogP contribution in [0, 0.1) is 18.8 Å². The van der Waals surface area contributed by atoms with Crippen molar-refractivity contribution in [2.45, 2.75) is 56.9 Å². The van der Waals surface area contributed by atoms with Crippen LogP contribution >= 0.6 is 11.8 Å². The van der Waals surface area contributed by atoms with Crippen LogP contribution in [0.3, 0.4) is 0 Å². The number of nitrogens with one attached hydrogen (secondary N) is 1. The Hall–Kier alpha value is -1.53. The lowest BCUT2D eigenvalue weighted by Gasteiger charge is -2.45. The molecular weight excluding hydrogens is 344 g/mol. The summed E-state index contributed by atoms with van der Waals surface area (Å²) in [7, 11) is 0. The molecule has 26 heavy (non-hydrogen) atoms. The second-order valence-corrected chi connectivity index (χ2v) is 8.96. The first kappa shape index (κ1) is 17.9. The van der Waals surface area contributed by atoms with Crippen molar-refractivity contribution < 1.29 is 4.79 Å². The second-order valence-electron chi connectivity index (χ2n) is 7.97. The smallest absolute Gasteiger partial charge is 0.230 e. The summed E-state index contributed by atoms with van der Waals surface area (Å²) < 4.78 is 2.05. The van der Waals surface area contributed by atoms with E-state index >= 15 is 0 Å². The number of pyridine rings is 1. The first-order chi connectivity index (χ1) is 12.6. The van der Waals surface area contributed by atoms with Gasteiger partial charge in [-0.25, -0.2) is 4.98 Å². The number of nitrogens with two attached hydrogens (primary N) is 1. The minimum absolute atomic E-state index is 0.159. The van der Waals surface area contributed by atoms with Gasteiger partial charge >= 0.3 is 0 Å². The molecule has 2 bridgehead atoms. The van der Waals surface area contributed by atoms with Crippen molar-refractivity contribution in [2.75, 3.05) is 5.75 Å². The van der Waals surface area contributed by atoms with Crippen molar-refractivity contribution in [3.63, 3.8) is 0 Å². The fourth-order valence-corrected chi connectivity index (χ4v) is 5.44. The van der Waals surface area contributed by atoms with Crippen LogP contribution in [-0.4, -0.2) is 33.1 Å². The van der Waals surface area contributed by atoms with Crippen LogP contribution in [0.1, 0.15) is 43.4 Å². The number of aryl methyl sites for hydroxylation is 1. The highest BCUT2D eigenvalue weighted by Gasteiger charge is 2.39. The summed E-state index contributed by atoms with van der Waals surface area (Å²) in [5.74, 6) is 2.57. The van der Waals surface area contributed by atoms with Crippen molar-refractivity contribution in [1.82, 2.24) is 14.7 Å². The van der Waals surface area contributed by atoms with Crippen LogP contribution in [0.15, 0.2) is 24.5 Å². The summed E-state index contributed by atoms with van der Waals surface area (Å²) in [4.78, 5) is 17.1. The molecular formula is C20H28N4OS. The average Bonchev–Trinajstić information content (AvgIpc) is 2.97. The van der Waals surface area contributed by atoms with E-state index in [1.54, 1.807) is 11.8 Å². The Morgan fingerprint density at radius 3 is 2.85 bits per heavy atom. The Labute approximate surface area is 159 Å². The quantitative estimate of drug-likeness (QED) is 0.846. The summed E-state index contributed by atoms with van der Waals surface area (Å²) in [5.41, 5.74) is 9.37. The summed E-state index contributed by atoms with van der Waals surface area (Å²) in [5, 5.41) is 3.32. The van der Waals surface area contributed by atoms with Crippen molar-refractivity contribution in [3.05, 3.63) is 35.8 Å². The standard InChI is InChI=1S/C20H28N4OS/c1-13-5-6-18-22-17(10-24(18)9-13)11-26-12-19(25)23-20-14-3-2-4-15(20)8-16(21)7-14/h5-6,9-10,14-16,20H,2-4,7-8,11-12,21H2,1H3,(H,23,25). The molecule has 2 aliphatic carbocycles. The third-order valence-corrected chi connectivity index (χ3v) is 6.80. The average molecular weight is 373 g/mol. The number of imidazole rings is 1. The molecule has 4 rings (SSSR count). The molecule has 5 nitrogen and oxygen atoms in total. The number of hydrogen-bond acceptors (Lipinski definition) is 4. The molecule has 2 atom stereocenters. The lowest BCUT2D eigenvalue weighted by atomic mass is 9.67. The number of carbonyl (C=O) groups excluding carboxylic acids is 1. The molecule has 2 aliphatic rings. The molecule has 140 valence electrons. The van der Waals surface area contributed by atoms with E-state index < -0.39 is 0 Å². The zero-order chi connectivity index (χ0) is 18.1. The van der Waals surface area contributed by atoms with E-state index in [1.165, 1.54) is 24.8 Å². The van der Waals surface area contributed by atoms with Crippen molar-refractivity contribution >= 4 is 23.3 Å². The zero-order valence-electron chi connectivity index (χ0n) is 15.4. The van der Waals surface area contributed by atoms with Gasteiger partial charge in [-0.05, 0) is 56.1 Å². The fraction of sp³-hybridized carbons (Fsp3) is 0.600. The molecule has 2 heterocycles. The van der Waals surface area contributed by atoms with Gasteiger partial charge < -0.3 is 15.5 Å². The van der Waals surface area contributed by atoms with Gasteiger partial charge in [-0.1, -0.05) is 12.5 Å². The van der Waals surface area contributed by atoms with Crippen LogP contribution in [0.25, 0.3) is 5.65 Å². The van der Waals surface area contributed by atoms with E-state index in [2.05, 4.69) is 40.1 Å². The number of amides is 1. The van der Waals surface area contributed by atoms with E-state index in [-0.39, 0.29) is 5.91 Å². The molecule has 3 N–H and O–H groups in total. The van der Waals surface area contributed by atoms with Gasteiger partial charge in [0.15, 0.2) is 0 Å². The lowest BCUT2D eigenvalue weighted by Crippen LogP contribution is -2.54. The monoisotopic (exact) mass is 372 g/mol. The maximum atomic E-state index is 12.4. The molecule has 0 spiro atoms. The summed E-state index contributed by atoms with van der Waals surface area (Å²) in [6, 6.07) is 4.77. The molecule has 0 radical (unpaired) electrons. The number of carbonyl (C=O) groups is 1. The van der Waals surface area contributed by atoms with Gasteiger partial charge in [-0.2, -0.15) is 0 Å². The van der Waals surface area contributed by atoms with E-state index in [1.807, 2.05) is 6.07 Å². The van der Waals surface area contributed by atoms with Crippen LogP contribution in [-0.2, 0) is 10.5 Å². The summed E-state index contributed by atoms with van der Waals surface area (Å²) >= 11 is 1.64. The van der Waals surface area contributed by atoms with E-state index in [0.29, 0.717) is 29.7 Å². The molecule has 2 aromatic rings. The normalized spacial score (nSPS) is 28.2. The number of hydrogen-bond donors (Lipinski definition) is 2. The molecule has 0 saturated heterocycles. The Bertz CT molecular complexity index is 775. The molecule has 0 aliphatic heterocycles. The summed E-state index contributed by atoms with van der Waals surface area (Å²) in [6.45, 7) is 2.08. The van der Waals surface area contributed by atoms with Gasteiger partial charge in [-0.3, -0.25) is 4.79 Å². The zero-order valence-corrected chi connectivity index (χ0v) is 16.2. The van der Waals surface area contributed by atoms with Crippen LogP contribution in [0.2, 0.25) is 0 Å². The van der Waals surface area contributed by atoms with E-state index in [0.717, 1.165) is 29.9 Å². The minimum Gasteiger partial charge on any atom is -0.352 e. The van der Waals surface area contributed by atoms with Crippen molar-refractivity contribution in [1.29, 1.82) is 0 Å². The molecule has 2 saturated carbocycles. The molecule has 2 fully saturated rings. The van der Waals surface area contributed by atoms with Gasteiger partial charge in [0.1, 0.15) is 5.65 Å². The highest BCUT2D eigenvalue weighted by Crippen LogP contribution is 2.39. The summed E-state index contributed by atoms with van der Waals surface area (Å²) in [6.07, 6.45) is 9.98. The highest BCUT2D eigenvalue weighted by molar-refractivity contribution is 7.99. The van der Waals surface area contributed by atoms with Gasteiger partial charge in [0.2, 0.25) is 5.91 Å². The molecule has 1 amide bonds. The van der Waals surface area contributed by atoms with E-state index in [9.17, 15) is 4.79 Å². The molecule has 2 aromatic heterocycles. The van der Waals surface area contributed by atoms with Crippen LogP contribution < -0.4 is 11.1 Å². The topological polar surface area (TPSA) is 72.4 Å². The van der Waals surface area contributed by atoms with Gasteiger partial charge in [0.05, 0.1) is 11.4 Å². The number of aromatic nitrogens is 2. The second kappa shape index (κ2) is 7.61. The molecule has 0 aromatic carbocycles. The predicted octanol–water partition coefficient (Wildman–Crippen LogP) is 2.90. The predicted molar refractivity (Wildman–Crippen MR) is 106 cm³/mol. The van der Waals surface area contributed by atoms with E-state index in [4.69, 9.17) is 5.73 Å². The van der Waals surface area contributed by atoms with Crippen LogP contribution in [0.4, 0.5) is 0 Å². The Balaban J connectivity index is 1.28. The Morgan fingerprint density at radius 1 is 1.31 bits per heavy atom. The number of nitrogens with zero attached hydrogens (tertiary/aromatic N) is 2.